The summed E-state index contributed by atoms with van der Waals surface area (Å²) >= 11 is 0. The first-order valence-corrected chi connectivity index (χ1v) is 4.93. The summed E-state index contributed by atoms with van der Waals surface area (Å²) in [5.41, 5.74) is 2.55. The number of hydrogen-bond acceptors (Lipinski definition) is 2. The minimum absolute atomic E-state index is 0.734. The summed E-state index contributed by atoms with van der Waals surface area (Å²) in [6, 6.07) is 9.54. The molecule has 0 atom stereocenters. The second kappa shape index (κ2) is 4.14. The third-order valence-electron chi connectivity index (χ3n) is 2.40. The van der Waals surface area contributed by atoms with Crippen LogP contribution in [0, 0.1) is 0 Å². The van der Waals surface area contributed by atoms with Crippen molar-refractivity contribution in [1.82, 2.24) is 4.98 Å². The molecule has 80 valence electrons. The highest BCUT2D eigenvalue weighted by Crippen LogP contribution is 2.19. The van der Waals surface area contributed by atoms with Crippen molar-refractivity contribution in [2.45, 2.75) is 6.92 Å². The molecule has 0 saturated carbocycles. The van der Waals surface area contributed by atoms with Gasteiger partial charge >= 0.3 is 5.97 Å². The summed E-state index contributed by atoms with van der Waals surface area (Å²) in [5, 5.41) is 9.68. The van der Waals surface area contributed by atoms with Crippen LogP contribution in [0.2, 0.25) is 0 Å². The molecule has 0 amide bonds. The van der Waals surface area contributed by atoms with Gasteiger partial charge in [-0.3, -0.25) is 4.98 Å². The number of rotatable bonds is 2. The van der Waals surface area contributed by atoms with E-state index in [0.717, 1.165) is 22.0 Å². The molecule has 0 unspecified atom stereocenters. The molecule has 2 rings (SSSR count). The van der Waals surface area contributed by atoms with Crippen molar-refractivity contribution in [1.29, 1.82) is 0 Å². The number of aliphatic carboxylic acids is 1. The van der Waals surface area contributed by atoms with Crippen LogP contribution < -0.4 is 0 Å². The highest BCUT2D eigenvalue weighted by molar-refractivity contribution is 5.91. The number of carboxylic acid groups (broad SMARTS) is 1. The maximum absolute atomic E-state index is 10.6. The number of allylic oxidation sites excluding steroid dienone is 1. The lowest BCUT2D eigenvalue weighted by molar-refractivity contribution is -0.131. The van der Waals surface area contributed by atoms with Gasteiger partial charge in [-0.1, -0.05) is 12.1 Å². The number of benzene rings is 1. The van der Waals surface area contributed by atoms with Gasteiger partial charge in [-0.25, -0.2) is 4.79 Å². The lowest BCUT2D eigenvalue weighted by atomic mass is 10.0. The van der Waals surface area contributed by atoms with Gasteiger partial charge in [-0.15, -0.1) is 0 Å². The minimum Gasteiger partial charge on any atom is -0.478 e. The molecule has 0 fully saturated rings. The van der Waals surface area contributed by atoms with Crippen LogP contribution in [0.3, 0.4) is 0 Å². The fourth-order valence-electron chi connectivity index (χ4n) is 1.59. The molecule has 0 aliphatic heterocycles. The largest absolute Gasteiger partial charge is 0.478 e. The van der Waals surface area contributed by atoms with Crippen LogP contribution in [0.1, 0.15) is 12.5 Å². The fraction of sp³-hybridized carbons (Fsp3) is 0.0769. The van der Waals surface area contributed by atoms with Gasteiger partial charge in [0.25, 0.3) is 0 Å². The van der Waals surface area contributed by atoms with Gasteiger partial charge in [-0.05, 0) is 36.3 Å². The van der Waals surface area contributed by atoms with Gasteiger partial charge < -0.3 is 5.11 Å². The quantitative estimate of drug-likeness (QED) is 0.780. The summed E-state index contributed by atoms with van der Waals surface area (Å²) in [6.45, 7) is 1.78. The zero-order chi connectivity index (χ0) is 11.5. The Bertz CT molecular complexity index is 573. The molecule has 2 aromatic rings. The number of hydrogen-bond donors (Lipinski definition) is 1. The summed E-state index contributed by atoms with van der Waals surface area (Å²) in [4.78, 5) is 14.8. The van der Waals surface area contributed by atoms with Crippen LogP contribution in [0.4, 0.5) is 0 Å². The Kier molecular flexibility index (Phi) is 2.68. The number of pyridine rings is 1. The molecule has 0 aliphatic rings. The van der Waals surface area contributed by atoms with Gasteiger partial charge in [0.05, 0.1) is 5.52 Å². The van der Waals surface area contributed by atoms with E-state index in [9.17, 15) is 4.79 Å². The predicted octanol–water partition coefficient (Wildman–Crippen LogP) is 2.72. The van der Waals surface area contributed by atoms with E-state index >= 15 is 0 Å². The minimum atomic E-state index is -0.927. The highest BCUT2D eigenvalue weighted by atomic mass is 16.4. The summed E-state index contributed by atoms with van der Waals surface area (Å²) in [7, 11) is 0. The molecule has 16 heavy (non-hydrogen) atoms. The summed E-state index contributed by atoms with van der Waals surface area (Å²) in [6.07, 6.45) is 2.94. The van der Waals surface area contributed by atoms with Crippen molar-refractivity contribution in [3.63, 3.8) is 0 Å². The van der Waals surface area contributed by atoms with E-state index in [1.54, 1.807) is 13.1 Å². The van der Waals surface area contributed by atoms with E-state index in [2.05, 4.69) is 4.98 Å². The van der Waals surface area contributed by atoms with Crippen LogP contribution in [0.25, 0.3) is 16.5 Å². The van der Waals surface area contributed by atoms with Gasteiger partial charge in [0.2, 0.25) is 0 Å². The van der Waals surface area contributed by atoms with Crippen molar-refractivity contribution in [2.24, 2.45) is 0 Å². The SMILES string of the molecule is CC(=CC(=O)O)c1ccc2ncccc2c1. The molecule has 3 heteroatoms. The van der Waals surface area contributed by atoms with Crippen LogP contribution in [-0.2, 0) is 4.79 Å². The first-order valence-electron chi connectivity index (χ1n) is 4.93. The maximum Gasteiger partial charge on any atom is 0.328 e. The monoisotopic (exact) mass is 213 g/mol. The summed E-state index contributed by atoms with van der Waals surface area (Å²) in [5.74, 6) is -0.927. The molecule has 0 spiro atoms. The molecule has 3 nitrogen and oxygen atoms in total. The van der Waals surface area contributed by atoms with E-state index in [1.165, 1.54) is 6.08 Å². The number of carbonyl (C=O) groups is 1. The smallest absolute Gasteiger partial charge is 0.328 e. The van der Waals surface area contributed by atoms with Gasteiger partial charge in [0.1, 0.15) is 0 Å². The van der Waals surface area contributed by atoms with E-state index in [0.29, 0.717) is 0 Å². The Hall–Kier alpha value is -2.16. The lowest BCUT2D eigenvalue weighted by Gasteiger charge is -2.02. The van der Waals surface area contributed by atoms with E-state index < -0.39 is 5.97 Å². The van der Waals surface area contributed by atoms with Crippen molar-refractivity contribution in [3.05, 3.63) is 48.2 Å². The van der Waals surface area contributed by atoms with Crippen LogP contribution in [0.5, 0.6) is 0 Å². The average Bonchev–Trinajstić information content (AvgIpc) is 2.27. The zero-order valence-electron chi connectivity index (χ0n) is 8.84. The zero-order valence-corrected chi connectivity index (χ0v) is 8.84. The molecular weight excluding hydrogens is 202 g/mol. The average molecular weight is 213 g/mol. The van der Waals surface area contributed by atoms with E-state index in [4.69, 9.17) is 5.11 Å². The highest BCUT2D eigenvalue weighted by Gasteiger charge is 2.00. The fourth-order valence-corrected chi connectivity index (χ4v) is 1.59. The Balaban J connectivity index is 2.51. The van der Waals surface area contributed by atoms with Crippen LogP contribution in [0.15, 0.2) is 42.6 Å². The van der Waals surface area contributed by atoms with Crippen molar-refractivity contribution >= 4 is 22.4 Å². The summed E-state index contributed by atoms with van der Waals surface area (Å²) < 4.78 is 0. The Morgan fingerprint density at radius 1 is 1.38 bits per heavy atom. The molecule has 0 saturated heterocycles. The van der Waals surface area contributed by atoms with Crippen molar-refractivity contribution < 1.29 is 9.90 Å². The van der Waals surface area contributed by atoms with Crippen LogP contribution >= 0.6 is 0 Å². The third-order valence-corrected chi connectivity index (χ3v) is 2.40. The third kappa shape index (κ3) is 2.08. The standard InChI is InChI=1S/C13H11NO2/c1-9(7-13(15)16)10-4-5-12-11(8-10)3-2-6-14-12/h2-8H,1H3,(H,15,16). The Morgan fingerprint density at radius 3 is 2.94 bits per heavy atom. The van der Waals surface area contributed by atoms with E-state index in [1.807, 2.05) is 30.3 Å². The second-order valence-corrected chi connectivity index (χ2v) is 3.58. The number of carboxylic acids is 1. The van der Waals surface area contributed by atoms with Crippen LogP contribution in [-0.4, -0.2) is 16.1 Å². The van der Waals surface area contributed by atoms with Crippen molar-refractivity contribution in [2.75, 3.05) is 0 Å². The topological polar surface area (TPSA) is 50.2 Å². The Morgan fingerprint density at radius 2 is 2.19 bits per heavy atom. The normalized spacial score (nSPS) is 11.7. The molecule has 0 bridgehead atoms. The molecule has 1 N–H and O–H groups in total. The number of nitrogens with zero attached hydrogens (tertiary/aromatic N) is 1. The number of fused-ring (bicyclic) bond motifs is 1. The molecule has 1 aromatic heterocycles. The molecular formula is C13H11NO2. The predicted molar refractivity (Wildman–Crippen MR) is 63.0 cm³/mol. The first kappa shape index (κ1) is 10.4. The van der Waals surface area contributed by atoms with Gasteiger partial charge in [-0.2, -0.15) is 0 Å². The first-order chi connectivity index (χ1) is 7.66. The molecule has 0 radical (unpaired) electrons. The van der Waals surface area contributed by atoms with Gasteiger partial charge in [0.15, 0.2) is 0 Å². The lowest BCUT2D eigenvalue weighted by Crippen LogP contribution is -1.90. The second-order valence-electron chi connectivity index (χ2n) is 3.58. The van der Waals surface area contributed by atoms with E-state index in [-0.39, 0.29) is 0 Å². The number of aromatic nitrogens is 1. The Labute approximate surface area is 93.1 Å². The molecule has 1 aromatic carbocycles. The maximum atomic E-state index is 10.6. The van der Waals surface area contributed by atoms with Gasteiger partial charge in [0, 0.05) is 17.7 Å². The molecule has 1 heterocycles. The molecule has 0 aliphatic carbocycles. The van der Waals surface area contributed by atoms with Crippen molar-refractivity contribution in [3.8, 4) is 0 Å².